The Labute approximate surface area is 137 Å². The standard InChI is InChI=1S/C16H13BN2O3S/c1-9-3-2-4-13-14(9)18-16(23-13)19-15(20)10-5-6-11-8-22-17(21)12(11)7-10/h2-7,21H,8H2,1H3,(H,18,19,20). The van der Waals surface area contributed by atoms with Crippen molar-refractivity contribution in [3.8, 4) is 0 Å². The molecule has 2 N–H and O–H groups in total. The van der Waals surface area contributed by atoms with E-state index in [1.165, 1.54) is 11.3 Å². The van der Waals surface area contributed by atoms with Crippen molar-refractivity contribution >= 4 is 45.2 Å². The molecule has 114 valence electrons. The summed E-state index contributed by atoms with van der Waals surface area (Å²) in [7, 11) is -0.956. The molecule has 2 heterocycles. The van der Waals surface area contributed by atoms with Gasteiger partial charge in [-0.15, -0.1) is 0 Å². The Balaban J connectivity index is 1.62. The molecule has 0 saturated heterocycles. The molecule has 0 atom stereocenters. The highest BCUT2D eigenvalue weighted by Crippen LogP contribution is 2.28. The Morgan fingerprint density at radius 1 is 1.39 bits per heavy atom. The van der Waals surface area contributed by atoms with E-state index in [0.717, 1.165) is 21.3 Å². The predicted octanol–water partition coefficient (Wildman–Crippen LogP) is 2.07. The third kappa shape index (κ3) is 2.52. The molecule has 3 aromatic rings. The van der Waals surface area contributed by atoms with Crippen LogP contribution in [0.1, 0.15) is 21.5 Å². The number of aryl methyl sites for hydroxylation is 1. The third-order valence-electron chi connectivity index (χ3n) is 3.91. The number of rotatable bonds is 2. The smallest absolute Gasteiger partial charge is 0.423 e. The summed E-state index contributed by atoms with van der Waals surface area (Å²) < 4.78 is 6.18. The van der Waals surface area contributed by atoms with E-state index in [4.69, 9.17) is 4.65 Å². The maximum Gasteiger partial charge on any atom is 0.491 e. The van der Waals surface area contributed by atoms with Crippen molar-refractivity contribution in [3.63, 3.8) is 0 Å². The molecule has 0 spiro atoms. The molecule has 0 aliphatic carbocycles. The predicted molar refractivity (Wildman–Crippen MR) is 91.1 cm³/mol. The second-order valence-electron chi connectivity index (χ2n) is 5.47. The van der Waals surface area contributed by atoms with Crippen LogP contribution in [0.5, 0.6) is 0 Å². The summed E-state index contributed by atoms with van der Waals surface area (Å²) in [5.74, 6) is -0.247. The van der Waals surface area contributed by atoms with Crippen molar-refractivity contribution < 1.29 is 14.5 Å². The van der Waals surface area contributed by atoms with Crippen molar-refractivity contribution in [1.82, 2.24) is 4.98 Å². The van der Waals surface area contributed by atoms with E-state index in [9.17, 15) is 9.82 Å². The van der Waals surface area contributed by atoms with Gasteiger partial charge in [0.05, 0.1) is 16.8 Å². The number of nitrogens with zero attached hydrogens (tertiary/aromatic N) is 1. The summed E-state index contributed by atoms with van der Waals surface area (Å²) >= 11 is 1.44. The molecule has 4 rings (SSSR count). The van der Waals surface area contributed by atoms with Crippen LogP contribution in [0.25, 0.3) is 10.2 Å². The number of amides is 1. The number of carbonyl (C=O) groups excluding carboxylic acids is 1. The van der Waals surface area contributed by atoms with Crippen molar-refractivity contribution in [3.05, 3.63) is 53.1 Å². The Bertz CT molecular complexity index is 925. The Kier molecular flexibility index (Phi) is 3.41. The van der Waals surface area contributed by atoms with E-state index in [-0.39, 0.29) is 5.91 Å². The minimum absolute atomic E-state index is 0.247. The van der Waals surface area contributed by atoms with Gasteiger partial charge in [0, 0.05) is 5.56 Å². The highest BCUT2D eigenvalue weighted by Gasteiger charge is 2.28. The first kappa shape index (κ1) is 14.4. The molecule has 7 heteroatoms. The van der Waals surface area contributed by atoms with Gasteiger partial charge in [0.2, 0.25) is 0 Å². The first-order valence-corrected chi connectivity index (χ1v) is 8.03. The van der Waals surface area contributed by atoms with E-state index in [0.29, 0.717) is 22.8 Å². The first-order valence-electron chi connectivity index (χ1n) is 7.22. The minimum atomic E-state index is -0.956. The summed E-state index contributed by atoms with van der Waals surface area (Å²) in [5.41, 5.74) is 4.02. The average Bonchev–Trinajstić information content (AvgIpc) is 3.12. The maximum atomic E-state index is 12.4. The largest absolute Gasteiger partial charge is 0.491 e. The van der Waals surface area contributed by atoms with E-state index in [1.807, 2.05) is 31.2 Å². The number of thiazole rings is 1. The normalized spacial score (nSPS) is 13.4. The zero-order chi connectivity index (χ0) is 16.0. The summed E-state index contributed by atoms with van der Waals surface area (Å²) in [6, 6.07) is 11.2. The van der Waals surface area contributed by atoms with E-state index >= 15 is 0 Å². The van der Waals surface area contributed by atoms with Gasteiger partial charge >= 0.3 is 7.12 Å². The summed E-state index contributed by atoms with van der Waals surface area (Å²) in [4.78, 5) is 16.9. The van der Waals surface area contributed by atoms with Crippen LogP contribution in [0.3, 0.4) is 0 Å². The third-order valence-corrected chi connectivity index (χ3v) is 4.85. The number of carbonyl (C=O) groups is 1. The number of fused-ring (bicyclic) bond motifs is 2. The monoisotopic (exact) mass is 324 g/mol. The number of nitrogens with one attached hydrogen (secondary N) is 1. The van der Waals surface area contributed by atoms with Crippen LogP contribution in [0.15, 0.2) is 36.4 Å². The van der Waals surface area contributed by atoms with E-state index < -0.39 is 7.12 Å². The summed E-state index contributed by atoms with van der Waals surface area (Å²) in [6.45, 7) is 2.37. The highest BCUT2D eigenvalue weighted by atomic mass is 32.1. The lowest BCUT2D eigenvalue weighted by molar-refractivity contribution is 0.102. The van der Waals surface area contributed by atoms with Gasteiger partial charge in [-0.3, -0.25) is 10.1 Å². The summed E-state index contributed by atoms with van der Waals surface area (Å²) in [5, 5.41) is 13.1. The molecule has 5 nitrogen and oxygen atoms in total. The van der Waals surface area contributed by atoms with Crippen LogP contribution in [-0.4, -0.2) is 23.0 Å². The lowest BCUT2D eigenvalue weighted by Crippen LogP contribution is -2.29. The van der Waals surface area contributed by atoms with Gasteiger partial charge in [-0.1, -0.05) is 29.5 Å². The van der Waals surface area contributed by atoms with Crippen LogP contribution >= 0.6 is 11.3 Å². The van der Waals surface area contributed by atoms with Crippen LogP contribution in [0.2, 0.25) is 0 Å². The van der Waals surface area contributed by atoms with E-state index in [2.05, 4.69) is 10.3 Å². The minimum Gasteiger partial charge on any atom is -0.423 e. The van der Waals surface area contributed by atoms with Crippen LogP contribution in [0, 0.1) is 6.92 Å². The molecular formula is C16H13BN2O3S. The second kappa shape index (κ2) is 5.45. The molecule has 1 aliphatic heterocycles. The fourth-order valence-corrected chi connectivity index (χ4v) is 3.60. The van der Waals surface area contributed by atoms with Crippen LogP contribution < -0.4 is 10.8 Å². The van der Waals surface area contributed by atoms with E-state index in [1.54, 1.807) is 12.1 Å². The number of para-hydroxylation sites is 1. The van der Waals surface area contributed by atoms with Crippen molar-refractivity contribution in [2.24, 2.45) is 0 Å². The van der Waals surface area contributed by atoms with Gasteiger partial charge < -0.3 is 9.68 Å². The highest BCUT2D eigenvalue weighted by molar-refractivity contribution is 7.22. The van der Waals surface area contributed by atoms with Crippen LogP contribution in [0.4, 0.5) is 5.13 Å². The molecule has 1 aliphatic rings. The topological polar surface area (TPSA) is 71.5 Å². The quantitative estimate of drug-likeness (QED) is 0.708. The lowest BCUT2D eigenvalue weighted by Gasteiger charge is -2.04. The van der Waals surface area contributed by atoms with Gasteiger partial charge in [0.15, 0.2) is 5.13 Å². The maximum absolute atomic E-state index is 12.4. The molecule has 0 bridgehead atoms. The van der Waals surface area contributed by atoms with Crippen molar-refractivity contribution in [2.75, 3.05) is 5.32 Å². The molecule has 1 aromatic heterocycles. The molecule has 0 saturated carbocycles. The zero-order valence-electron chi connectivity index (χ0n) is 12.4. The molecule has 23 heavy (non-hydrogen) atoms. The van der Waals surface area contributed by atoms with Gasteiger partial charge in [-0.05, 0) is 41.7 Å². The van der Waals surface area contributed by atoms with Gasteiger partial charge in [0.1, 0.15) is 0 Å². The molecule has 2 aromatic carbocycles. The number of hydrogen-bond acceptors (Lipinski definition) is 5. The first-order chi connectivity index (χ1) is 11.1. The molecule has 1 amide bonds. The molecule has 0 unspecified atom stereocenters. The molecular weight excluding hydrogens is 311 g/mol. The Hall–Kier alpha value is -2.22. The lowest BCUT2D eigenvalue weighted by atomic mass is 9.79. The molecule has 0 radical (unpaired) electrons. The average molecular weight is 324 g/mol. The SMILES string of the molecule is Cc1cccc2sc(NC(=O)c3ccc4c(c3)B(O)OC4)nc12. The van der Waals surface area contributed by atoms with Gasteiger partial charge in [-0.2, -0.15) is 0 Å². The zero-order valence-corrected chi connectivity index (χ0v) is 13.2. The number of benzene rings is 2. The van der Waals surface area contributed by atoms with Crippen molar-refractivity contribution in [1.29, 1.82) is 0 Å². The van der Waals surface area contributed by atoms with Gasteiger partial charge in [0.25, 0.3) is 5.91 Å². The molecule has 0 fully saturated rings. The van der Waals surface area contributed by atoms with Crippen LogP contribution in [-0.2, 0) is 11.3 Å². The number of aromatic nitrogens is 1. The number of anilines is 1. The Morgan fingerprint density at radius 3 is 3.09 bits per heavy atom. The number of hydrogen-bond donors (Lipinski definition) is 2. The summed E-state index contributed by atoms with van der Waals surface area (Å²) in [6.07, 6.45) is 0. The second-order valence-corrected chi connectivity index (χ2v) is 6.50. The fourth-order valence-electron chi connectivity index (χ4n) is 2.66. The van der Waals surface area contributed by atoms with Gasteiger partial charge in [-0.25, -0.2) is 4.98 Å². The fraction of sp³-hybridized carbons (Fsp3) is 0.125. The van der Waals surface area contributed by atoms with Crippen molar-refractivity contribution in [2.45, 2.75) is 13.5 Å². The Morgan fingerprint density at radius 2 is 2.26 bits per heavy atom.